The second-order valence-electron chi connectivity index (χ2n) is 9.47. The van der Waals surface area contributed by atoms with E-state index in [1.54, 1.807) is 19.1 Å². The number of esters is 1. The number of pyridine rings is 1. The lowest BCUT2D eigenvalue weighted by atomic mass is 10.0. The molecule has 0 aliphatic carbocycles. The van der Waals surface area contributed by atoms with E-state index in [-0.39, 0.29) is 35.1 Å². The second-order valence-corrected chi connectivity index (χ2v) is 9.47. The van der Waals surface area contributed by atoms with Crippen LogP contribution in [0.4, 0.5) is 18.9 Å². The molecule has 46 heavy (non-hydrogen) atoms. The Labute approximate surface area is 260 Å². The van der Waals surface area contributed by atoms with Crippen LogP contribution in [0.5, 0.6) is 11.5 Å². The average molecular weight is 646 g/mol. The Morgan fingerprint density at radius 1 is 0.957 bits per heavy atom. The number of alkyl halides is 3. The smallest absolute Gasteiger partial charge is 0.490 e. The fraction of sp³-hybridized carbons (Fsp3) is 0.241. The number of nitrogen functional groups attached to an aromatic ring is 1. The molecule has 244 valence electrons. The highest BCUT2D eigenvalue weighted by molar-refractivity contribution is 5.97. The monoisotopic (exact) mass is 645 g/mol. The number of amidine groups is 1. The number of hydrazine groups is 1. The van der Waals surface area contributed by atoms with Gasteiger partial charge in [-0.15, -0.1) is 0 Å². The van der Waals surface area contributed by atoms with Crippen LogP contribution in [0.25, 0.3) is 0 Å². The highest BCUT2D eigenvalue weighted by atomic mass is 19.4. The Hall–Kier alpha value is -5.87. The summed E-state index contributed by atoms with van der Waals surface area (Å²) in [5.74, 6) is -5.72. The van der Waals surface area contributed by atoms with Crippen LogP contribution < -0.4 is 31.4 Å². The molecule has 0 aliphatic rings. The summed E-state index contributed by atoms with van der Waals surface area (Å²) >= 11 is 0. The van der Waals surface area contributed by atoms with Crippen LogP contribution in [-0.2, 0) is 19.1 Å². The molecule has 0 radical (unpaired) electrons. The molecule has 2 unspecified atom stereocenters. The van der Waals surface area contributed by atoms with Gasteiger partial charge in [0.25, 0.3) is 11.8 Å². The number of anilines is 1. The zero-order valence-corrected chi connectivity index (χ0v) is 24.7. The van der Waals surface area contributed by atoms with E-state index in [1.807, 2.05) is 0 Å². The van der Waals surface area contributed by atoms with E-state index in [0.29, 0.717) is 11.3 Å². The summed E-state index contributed by atoms with van der Waals surface area (Å²) in [6.07, 6.45) is -4.94. The first-order chi connectivity index (χ1) is 21.7. The maximum absolute atomic E-state index is 13.4. The van der Waals surface area contributed by atoms with Gasteiger partial charge in [0, 0.05) is 43.3 Å². The third-order valence-corrected chi connectivity index (χ3v) is 5.93. The van der Waals surface area contributed by atoms with Crippen LogP contribution in [0.3, 0.4) is 0 Å². The van der Waals surface area contributed by atoms with Crippen LogP contribution in [-0.4, -0.2) is 72.6 Å². The Kier molecular flexibility index (Phi) is 11.5. The highest BCUT2D eigenvalue weighted by Gasteiger charge is 2.44. The summed E-state index contributed by atoms with van der Waals surface area (Å²) in [5.41, 5.74) is 11.4. The first kappa shape index (κ1) is 34.6. The third-order valence-electron chi connectivity index (χ3n) is 5.93. The van der Waals surface area contributed by atoms with Gasteiger partial charge in [0.05, 0.1) is 6.61 Å². The van der Waals surface area contributed by atoms with Crippen LogP contribution in [0.15, 0.2) is 67.0 Å². The highest BCUT2D eigenvalue weighted by Crippen LogP contribution is 2.33. The van der Waals surface area contributed by atoms with Crippen molar-refractivity contribution in [1.82, 2.24) is 20.7 Å². The van der Waals surface area contributed by atoms with E-state index in [1.165, 1.54) is 69.0 Å². The third kappa shape index (κ3) is 9.31. The molecule has 0 spiro atoms. The van der Waals surface area contributed by atoms with Gasteiger partial charge < -0.3 is 30.2 Å². The van der Waals surface area contributed by atoms with E-state index >= 15 is 0 Å². The van der Waals surface area contributed by atoms with Crippen LogP contribution in [0.1, 0.15) is 34.5 Å². The maximum atomic E-state index is 13.4. The minimum absolute atomic E-state index is 0.0211. The molecule has 2 aromatic carbocycles. The van der Waals surface area contributed by atoms with Crippen molar-refractivity contribution < 1.29 is 46.6 Å². The Morgan fingerprint density at radius 2 is 1.61 bits per heavy atom. The number of hydrogen-bond donors (Lipinski definition) is 5. The van der Waals surface area contributed by atoms with E-state index in [2.05, 4.69) is 25.9 Å². The number of likely N-dealkylation sites (N-methyl/N-ethyl adjacent to an activating group) is 1. The molecular weight excluding hydrogens is 615 g/mol. The van der Waals surface area contributed by atoms with Crippen LogP contribution in [0, 0.1) is 5.41 Å². The largest absolute Gasteiger partial charge is 0.491 e. The summed E-state index contributed by atoms with van der Waals surface area (Å²) in [5, 5.41) is 10.6. The van der Waals surface area contributed by atoms with Gasteiger partial charge in [-0.1, -0.05) is 6.07 Å². The molecule has 2 atom stereocenters. The number of aromatic nitrogens is 1. The Balaban J connectivity index is 1.96. The summed E-state index contributed by atoms with van der Waals surface area (Å²) in [4.78, 5) is 54.7. The topological polar surface area (TPSA) is 198 Å². The number of hydrogen-bond acceptors (Lipinski definition) is 10. The fourth-order valence-electron chi connectivity index (χ4n) is 3.66. The molecule has 3 aromatic rings. The first-order valence-electron chi connectivity index (χ1n) is 13.3. The zero-order valence-electron chi connectivity index (χ0n) is 24.7. The summed E-state index contributed by atoms with van der Waals surface area (Å²) in [7, 11) is 2.44. The van der Waals surface area contributed by atoms with Crippen molar-refractivity contribution in [2.75, 3.05) is 26.0 Å². The summed E-state index contributed by atoms with van der Waals surface area (Å²) in [6.45, 7) is 1.61. The predicted molar refractivity (Wildman–Crippen MR) is 157 cm³/mol. The quantitative estimate of drug-likeness (QED) is 0.0640. The van der Waals surface area contributed by atoms with Gasteiger partial charge in [0.15, 0.2) is 11.5 Å². The van der Waals surface area contributed by atoms with Gasteiger partial charge in [-0.05, 0) is 61.0 Å². The number of carbonyl (C=O) groups excluding carboxylic acids is 4. The lowest BCUT2D eigenvalue weighted by Gasteiger charge is -2.24. The van der Waals surface area contributed by atoms with E-state index in [4.69, 9.17) is 20.6 Å². The van der Waals surface area contributed by atoms with Gasteiger partial charge in [0.1, 0.15) is 11.9 Å². The van der Waals surface area contributed by atoms with Crippen molar-refractivity contribution >= 4 is 35.2 Å². The van der Waals surface area contributed by atoms with Crippen molar-refractivity contribution in [1.29, 1.82) is 5.41 Å². The fourth-order valence-corrected chi connectivity index (χ4v) is 3.66. The molecule has 0 saturated carbocycles. The van der Waals surface area contributed by atoms with Crippen molar-refractivity contribution in [3.63, 3.8) is 0 Å². The average Bonchev–Trinajstić information content (AvgIpc) is 3.02. The minimum Gasteiger partial charge on any atom is -0.490 e. The lowest BCUT2D eigenvalue weighted by molar-refractivity contribution is -0.217. The Morgan fingerprint density at radius 3 is 2.17 bits per heavy atom. The lowest BCUT2D eigenvalue weighted by Crippen LogP contribution is -2.45. The molecule has 6 N–H and O–H groups in total. The normalized spacial score (nSPS) is 12.1. The number of nitrogens with zero attached hydrogens (tertiary/aromatic N) is 2. The number of nitrogens with two attached hydrogens (primary N) is 1. The molecule has 3 amide bonds. The van der Waals surface area contributed by atoms with E-state index in [0.717, 1.165) is 4.90 Å². The first-order valence-corrected chi connectivity index (χ1v) is 13.3. The molecule has 14 nitrogen and oxygen atoms in total. The number of halogens is 3. The standard InChI is InChI=1S/C29H30F3N7O7/c1-4-44-21-15-18(7-10-20(21)45-27(26(42)39(2)3)46-28(43)29(30,31)32)22(36-19-8-5-16(6-9-19)23(33)34)25(41)38-37-24(40)17-11-13-35-14-12-17/h5-15,22,27,36H,4H2,1-3H3,(H3,33,34)(H,37,40)(H,38,41). The summed E-state index contributed by atoms with van der Waals surface area (Å²) in [6, 6.07) is 11.7. The summed E-state index contributed by atoms with van der Waals surface area (Å²) < 4.78 is 54.0. The van der Waals surface area contributed by atoms with Crippen molar-refractivity contribution in [3.05, 3.63) is 83.7 Å². The zero-order chi connectivity index (χ0) is 34.0. The number of nitrogens with one attached hydrogen (secondary N) is 4. The SMILES string of the molecule is CCOc1cc(C(Nc2ccc(C(=N)N)cc2)C(=O)NNC(=O)c2ccncc2)ccc1OC(OC(=O)C(F)(F)F)C(=O)N(C)C. The Bertz CT molecular complexity index is 1570. The minimum atomic E-state index is -5.40. The van der Waals surface area contributed by atoms with E-state index in [9.17, 15) is 32.3 Å². The number of benzene rings is 2. The van der Waals surface area contributed by atoms with Gasteiger partial charge in [-0.2, -0.15) is 13.2 Å². The van der Waals surface area contributed by atoms with Crippen molar-refractivity contribution in [3.8, 4) is 11.5 Å². The molecule has 0 bridgehead atoms. The van der Waals surface area contributed by atoms with Gasteiger partial charge in [-0.25, -0.2) is 4.79 Å². The van der Waals surface area contributed by atoms with Crippen molar-refractivity contribution in [2.45, 2.75) is 25.4 Å². The van der Waals surface area contributed by atoms with Crippen LogP contribution >= 0.6 is 0 Å². The number of amides is 3. The molecule has 0 fully saturated rings. The maximum Gasteiger partial charge on any atom is 0.491 e. The number of ether oxygens (including phenoxy) is 3. The van der Waals surface area contributed by atoms with E-state index < -0.39 is 42.2 Å². The van der Waals surface area contributed by atoms with Crippen LogP contribution in [0.2, 0.25) is 0 Å². The molecule has 17 heteroatoms. The molecule has 1 heterocycles. The number of carbonyl (C=O) groups is 4. The van der Waals surface area contributed by atoms with Gasteiger partial charge >= 0.3 is 24.3 Å². The molecule has 0 aliphatic heterocycles. The van der Waals surface area contributed by atoms with Gasteiger partial charge in [-0.3, -0.25) is 35.6 Å². The molecular formula is C29H30F3N7O7. The molecule has 0 saturated heterocycles. The molecule has 3 rings (SSSR count). The van der Waals surface area contributed by atoms with Gasteiger partial charge in [0.2, 0.25) is 0 Å². The molecule has 1 aromatic heterocycles. The van der Waals surface area contributed by atoms with Crippen molar-refractivity contribution in [2.24, 2.45) is 5.73 Å². The second kappa shape index (κ2) is 15.2. The predicted octanol–water partition coefficient (Wildman–Crippen LogP) is 2.28. The number of rotatable bonds is 12.